The molecule has 0 amide bonds. The van der Waals surface area contributed by atoms with E-state index >= 15 is 0 Å². The highest BCUT2D eigenvalue weighted by molar-refractivity contribution is 9.10. The number of halogens is 1. The molecule has 0 fully saturated rings. The quantitative estimate of drug-likeness (QED) is 0.799. The minimum absolute atomic E-state index is 0.154. The summed E-state index contributed by atoms with van der Waals surface area (Å²) in [5.74, 6) is 1.49. The van der Waals surface area contributed by atoms with Gasteiger partial charge in [0.25, 0.3) is 5.78 Å². The number of benzene rings is 1. The lowest BCUT2D eigenvalue weighted by Crippen LogP contribution is -2.11. The van der Waals surface area contributed by atoms with E-state index in [0.717, 1.165) is 16.0 Å². The fraction of sp³-hybridized carbons (Fsp3) is 0.214. The number of aryl methyl sites for hydroxylation is 1. The van der Waals surface area contributed by atoms with Crippen LogP contribution in [-0.4, -0.2) is 19.6 Å². The molecule has 0 aliphatic rings. The van der Waals surface area contributed by atoms with Gasteiger partial charge in [-0.25, -0.2) is 4.98 Å². The summed E-state index contributed by atoms with van der Waals surface area (Å²) in [6.07, 6.45) is 1.51. The van der Waals surface area contributed by atoms with Crippen molar-refractivity contribution in [2.24, 2.45) is 0 Å². The van der Waals surface area contributed by atoms with Gasteiger partial charge < -0.3 is 5.32 Å². The molecule has 1 atom stereocenters. The number of hydrogen-bond donors (Lipinski definition) is 1. The average molecular weight is 332 g/mol. The maximum Gasteiger partial charge on any atom is 0.254 e. The van der Waals surface area contributed by atoms with Crippen LogP contribution < -0.4 is 5.32 Å². The molecule has 0 spiro atoms. The minimum atomic E-state index is 0.154. The smallest absolute Gasteiger partial charge is 0.254 e. The Morgan fingerprint density at radius 1 is 1.30 bits per heavy atom. The Morgan fingerprint density at radius 2 is 2.15 bits per heavy atom. The minimum Gasteiger partial charge on any atom is -0.363 e. The lowest BCUT2D eigenvalue weighted by Gasteiger charge is -2.16. The number of aromatic nitrogens is 4. The molecule has 3 aromatic rings. The number of fused-ring (bicyclic) bond motifs is 1. The van der Waals surface area contributed by atoms with Crippen LogP contribution in [0.2, 0.25) is 0 Å². The van der Waals surface area contributed by atoms with Gasteiger partial charge in [-0.1, -0.05) is 28.1 Å². The first kappa shape index (κ1) is 13.1. The number of hydrogen-bond acceptors (Lipinski definition) is 4. The zero-order valence-electron chi connectivity index (χ0n) is 11.2. The fourth-order valence-corrected chi connectivity index (χ4v) is 2.53. The molecule has 5 nitrogen and oxygen atoms in total. The van der Waals surface area contributed by atoms with Crippen molar-refractivity contribution in [1.82, 2.24) is 19.6 Å². The first-order chi connectivity index (χ1) is 9.63. The van der Waals surface area contributed by atoms with Crippen molar-refractivity contribution in [3.05, 3.63) is 52.4 Å². The van der Waals surface area contributed by atoms with E-state index in [9.17, 15) is 0 Å². The Hall–Kier alpha value is -1.95. The Balaban J connectivity index is 1.94. The number of rotatable bonds is 3. The van der Waals surface area contributed by atoms with Crippen molar-refractivity contribution in [3.63, 3.8) is 0 Å². The highest BCUT2D eigenvalue weighted by Gasteiger charge is 2.10. The van der Waals surface area contributed by atoms with E-state index in [1.165, 1.54) is 11.9 Å². The normalized spacial score (nSPS) is 12.6. The molecule has 1 unspecified atom stereocenters. The highest BCUT2D eigenvalue weighted by Crippen LogP contribution is 2.22. The van der Waals surface area contributed by atoms with Crippen molar-refractivity contribution in [3.8, 4) is 0 Å². The third-order valence-corrected chi connectivity index (χ3v) is 3.59. The molecular formula is C14H14BrN5. The predicted octanol–water partition coefficient (Wildman–Crippen LogP) is 3.37. The van der Waals surface area contributed by atoms with Crippen LogP contribution in [0.5, 0.6) is 0 Å². The highest BCUT2D eigenvalue weighted by atomic mass is 79.9. The second-order valence-corrected chi connectivity index (χ2v) is 5.59. The summed E-state index contributed by atoms with van der Waals surface area (Å²) in [5, 5.41) is 7.65. The molecule has 1 N–H and O–H groups in total. The second-order valence-electron chi connectivity index (χ2n) is 4.68. The average Bonchev–Trinajstić information content (AvgIpc) is 2.86. The van der Waals surface area contributed by atoms with Gasteiger partial charge in [0.1, 0.15) is 12.1 Å². The maximum absolute atomic E-state index is 4.33. The molecule has 1 aromatic carbocycles. The number of anilines is 1. The van der Waals surface area contributed by atoms with Gasteiger partial charge in [0, 0.05) is 22.3 Å². The van der Waals surface area contributed by atoms with Crippen LogP contribution in [0.1, 0.15) is 24.2 Å². The monoisotopic (exact) mass is 331 g/mol. The summed E-state index contributed by atoms with van der Waals surface area (Å²) < 4.78 is 2.78. The summed E-state index contributed by atoms with van der Waals surface area (Å²) in [6, 6.07) is 10.4. The van der Waals surface area contributed by atoms with Crippen LogP contribution >= 0.6 is 15.9 Å². The molecule has 0 bridgehead atoms. The first-order valence-electron chi connectivity index (χ1n) is 6.33. The summed E-state index contributed by atoms with van der Waals surface area (Å²) in [7, 11) is 0. The molecule has 3 rings (SSSR count). The molecule has 0 aliphatic carbocycles. The SMILES string of the molecule is Cc1cc(NC(C)c2cccc(Br)c2)n2ncnc2n1. The van der Waals surface area contributed by atoms with Gasteiger partial charge in [-0.15, -0.1) is 0 Å². The topological polar surface area (TPSA) is 55.1 Å². The zero-order valence-corrected chi connectivity index (χ0v) is 12.8. The molecule has 20 heavy (non-hydrogen) atoms. The largest absolute Gasteiger partial charge is 0.363 e. The molecule has 2 aromatic heterocycles. The third kappa shape index (κ3) is 2.51. The van der Waals surface area contributed by atoms with Crippen molar-refractivity contribution < 1.29 is 0 Å². The van der Waals surface area contributed by atoms with E-state index in [1.807, 2.05) is 25.1 Å². The lowest BCUT2D eigenvalue weighted by molar-refractivity contribution is 0.837. The Kier molecular flexibility index (Phi) is 3.40. The van der Waals surface area contributed by atoms with E-state index < -0.39 is 0 Å². The van der Waals surface area contributed by atoms with Gasteiger partial charge in [-0.2, -0.15) is 14.6 Å². The van der Waals surface area contributed by atoms with Crippen LogP contribution in [0, 0.1) is 6.92 Å². The molecular weight excluding hydrogens is 318 g/mol. The number of nitrogens with zero attached hydrogens (tertiary/aromatic N) is 4. The van der Waals surface area contributed by atoms with Crippen LogP contribution in [0.15, 0.2) is 41.1 Å². The molecule has 0 radical (unpaired) electrons. The Labute approximate surface area is 125 Å². The van der Waals surface area contributed by atoms with E-state index in [-0.39, 0.29) is 6.04 Å². The maximum atomic E-state index is 4.33. The predicted molar refractivity (Wildman–Crippen MR) is 81.7 cm³/mol. The van der Waals surface area contributed by atoms with Crippen molar-refractivity contribution >= 4 is 27.5 Å². The summed E-state index contributed by atoms with van der Waals surface area (Å²) in [5.41, 5.74) is 2.11. The van der Waals surface area contributed by atoms with E-state index in [2.05, 4.69) is 55.4 Å². The third-order valence-electron chi connectivity index (χ3n) is 3.09. The summed E-state index contributed by atoms with van der Waals surface area (Å²) in [6.45, 7) is 4.06. The lowest BCUT2D eigenvalue weighted by atomic mass is 10.1. The van der Waals surface area contributed by atoms with Gasteiger partial charge in [0.15, 0.2) is 0 Å². The van der Waals surface area contributed by atoms with Crippen LogP contribution in [0.4, 0.5) is 5.82 Å². The number of nitrogens with one attached hydrogen (secondary N) is 1. The molecule has 0 saturated carbocycles. The second kappa shape index (κ2) is 5.20. The molecule has 102 valence electrons. The molecule has 6 heteroatoms. The van der Waals surface area contributed by atoms with E-state index in [1.54, 1.807) is 4.52 Å². The Morgan fingerprint density at radius 3 is 2.95 bits per heavy atom. The first-order valence-corrected chi connectivity index (χ1v) is 7.12. The molecule has 0 saturated heterocycles. The van der Waals surface area contributed by atoms with Gasteiger partial charge in [-0.05, 0) is 31.5 Å². The van der Waals surface area contributed by atoms with Gasteiger partial charge >= 0.3 is 0 Å². The fourth-order valence-electron chi connectivity index (χ4n) is 2.11. The van der Waals surface area contributed by atoms with E-state index in [0.29, 0.717) is 5.78 Å². The summed E-state index contributed by atoms with van der Waals surface area (Å²) in [4.78, 5) is 8.46. The summed E-state index contributed by atoms with van der Waals surface area (Å²) >= 11 is 3.50. The van der Waals surface area contributed by atoms with Crippen LogP contribution in [-0.2, 0) is 0 Å². The van der Waals surface area contributed by atoms with Crippen LogP contribution in [0.3, 0.4) is 0 Å². The van der Waals surface area contributed by atoms with Gasteiger partial charge in [0.05, 0.1) is 0 Å². The zero-order chi connectivity index (χ0) is 14.1. The van der Waals surface area contributed by atoms with Crippen molar-refractivity contribution in [2.75, 3.05) is 5.32 Å². The van der Waals surface area contributed by atoms with Gasteiger partial charge in [0.2, 0.25) is 0 Å². The van der Waals surface area contributed by atoms with Gasteiger partial charge in [-0.3, -0.25) is 0 Å². The van der Waals surface area contributed by atoms with E-state index in [4.69, 9.17) is 0 Å². The Bertz CT molecular complexity index is 752. The van der Waals surface area contributed by atoms with Crippen molar-refractivity contribution in [1.29, 1.82) is 0 Å². The van der Waals surface area contributed by atoms with Crippen molar-refractivity contribution in [2.45, 2.75) is 19.9 Å². The standard InChI is InChI=1S/C14H14BrN5/c1-9-6-13(20-14(18-9)16-8-17-20)19-10(2)11-4-3-5-12(15)7-11/h3-8,10,19H,1-2H3. The van der Waals surface area contributed by atoms with Crippen LogP contribution in [0.25, 0.3) is 5.78 Å². The molecule has 0 aliphatic heterocycles. The molecule has 2 heterocycles.